The number of nitrogens with one attached hydrogen (secondary N) is 1. The van der Waals surface area contributed by atoms with Gasteiger partial charge in [0.25, 0.3) is 0 Å². The fourth-order valence-corrected chi connectivity index (χ4v) is 2.51. The third kappa shape index (κ3) is 2.73. The number of methoxy groups -OCH3 is 1. The molecule has 0 saturated heterocycles. The molecular formula is C15H17N3O3. The zero-order valence-electron chi connectivity index (χ0n) is 12.0. The first-order chi connectivity index (χ1) is 10.1. The molecule has 0 bridgehead atoms. The van der Waals surface area contributed by atoms with Gasteiger partial charge in [0.15, 0.2) is 0 Å². The van der Waals surface area contributed by atoms with Gasteiger partial charge in [-0.2, -0.15) is 5.26 Å². The van der Waals surface area contributed by atoms with Gasteiger partial charge in [-0.25, -0.2) is 0 Å². The van der Waals surface area contributed by atoms with Crippen LogP contribution in [0, 0.1) is 17.2 Å². The van der Waals surface area contributed by atoms with Crippen molar-refractivity contribution in [1.29, 1.82) is 5.26 Å². The SMILES string of the molecule is COCCNC(=O)C(C#N)C1C(=O)N(C)c2ccccc21. The lowest BCUT2D eigenvalue weighted by Gasteiger charge is -2.16. The van der Waals surface area contributed by atoms with Crippen molar-refractivity contribution in [3.05, 3.63) is 29.8 Å². The van der Waals surface area contributed by atoms with Gasteiger partial charge in [0.05, 0.1) is 18.6 Å². The van der Waals surface area contributed by atoms with E-state index in [0.717, 1.165) is 11.3 Å². The first-order valence-corrected chi connectivity index (χ1v) is 6.64. The van der Waals surface area contributed by atoms with Gasteiger partial charge in [-0.3, -0.25) is 9.59 Å². The molecule has 21 heavy (non-hydrogen) atoms. The summed E-state index contributed by atoms with van der Waals surface area (Å²) in [7, 11) is 3.18. The Hall–Kier alpha value is -2.39. The molecule has 110 valence electrons. The Bertz CT molecular complexity index is 594. The average molecular weight is 287 g/mol. The average Bonchev–Trinajstić information content (AvgIpc) is 2.74. The second kappa shape index (κ2) is 6.37. The van der Waals surface area contributed by atoms with E-state index < -0.39 is 17.7 Å². The first-order valence-electron chi connectivity index (χ1n) is 6.64. The monoisotopic (exact) mass is 287 g/mol. The van der Waals surface area contributed by atoms with Crippen LogP contribution in [-0.2, 0) is 14.3 Å². The Morgan fingerprint density at radius 3 is 2.90 bits per heavy atom. The molecule has 2 rings (SSSR count). The number of anilines is 1. The predicted octanol–water partition coefficient (Wildman–Crippen LogP) is 0.649. The van der Waals surface area contributed by atoms with Gasteiger partial charge < -0.3 is 15.0 Å². The second-order valence-corrected chi connectivity index (χ2v) is 4.82. The number of para-hydroxylation sites is 1. The van der Waals surface area contributed by atoms with E-state index in [9.17, 15) is 14.9 Å². The number of benzene rings is 1. The molecule has 1 aromatic carbocycles. The van der Waals surface area contributed by atoms with Gasteiger partial charge in [-0.15, -0.1) is 0 Å². The molecule has 0 saturated carbocycles. The van der Waals surface area contributed by atoms with Crippen molar-refractivity contribution >= 4 is 17.5 Å². The van der Waals surface area contributed by atoms with E-state index in [1.54, 1.807) is 19.2 Å². The van der Waals surface area contributed by atoms with Crippen molar-refractivity contribution in [1.82, 2.24) is 5.32 Å². The molecule has 0 spiro atoms. The van der Waals surface area contributed by atoms with Crippen molar-refractivity contribution in [2.24, 2.45) is 5.92 Å². The molecule has 0 aliphatic carbocycles. The van der Waals surface area contributed by atoms with Crippen molar-refractivity contribution in [2.75, 3.05) is 32.2 Å². The highest BCUT2D eigenvalue weighted by Crippen LogP contribution is 2.40. The van der Waals surface area contributed by atoms with Crippen LogP contribution in [0.25, 0.3) is 0 Å². The van der Waals surface area contributed by atoms with Crippen molar-refractivity contribution in [3.8, 4) is 6.07 Å². The molecule has 0 aromatic heterocycles. The first kappa shape index (κ1) is 15.0. The Balaban J connectivity index is 2.25. The van der Waals surface area contributed by atoms with E-state index in [2.05, 4.69) is 5.32 Å². The fourth-order valence-electron chi connectivity index (χ4n) is 2.51. The molecule has 2 amide bonds. The van der Waals surface area contributed by atoms with Crippen LogP contribution in [0.2, 0.25) is 0 Å². The minimum atomic E-state index is -1.04. The van der Waals surface area contributed by atoms with Gasteiger partial charge in [0, 0.05) is 26.4 Å². The summed E-state index contributed by atoms with van der Waals surface area (Å²) in [4.78, 5) is 26.0. The normalized spacial score (nSPS) is 18.0. The highest BCUT2D eigenvalue weighted by atomic mass is 16.5. The number of carbonyl (C=O) groups excluding carboxylic acids is 2. The molecule has 0 fully saturated rings. The Morgan fingerprint density at radius 2 is 2.24 bits per heavy atom. The highest BCUT2D eigenvalue weighted by molar-refractivity contribution is 6.07. The van der Waals surface area contributed by atoms with E-state index in [0.29, 0.717) is 13.2 Å². The number of amides is 2. The Morgan fingerprint density at radius 1 is 1.52 bits per heavy atom. The van der Waals surface area contributed by atoms with Crippen LogP contribution in [0.15, 0.2) is 24.3 Å². The highest BCUT2D eigenvalue weighted by Gasteiger charge is 2.43. The summed E-state index contributed by atoms with van der Waals surface area (Å²) in [5.41, 5.74) is 1.47. The van der Waals surface area contributed by atoms with E-state index >= 15 is 0 Å². The van der Waals surface area contributed by atoms with E-state index in [4.69, 9.17) is 4.74 Å². The zero-order valence-corrected chi connectivity index (χ0v) is 12.0. The lowest BCUT2D eigenvalue weighted by Crippen LogP contribution is -2.38. The van der Waals surface area contributed by atoms with Crippen LogP contribution in [0.4, 0.5) is 5.69 Å². The molecule has 1 N–H and O–H groups in total. The van der Waals surface area contributed by atoms with Gasteiger partial charge in [0.1, 0.15) is 5.92 Å². The number of hydrogen-bond donors (Lipinski definition) is 1. The maximum Gasteiger partial charge on any atom is 0.238 e. The maximum absolute atomic E-state index is 12.4. The lowest BCUT2D eigenvalue weighted by atomic mass is 9.87. The van der Waals surface area contributed by atoms with E-state index in [1.165, 1.54) is 12.0 Å². The maximum atomic E-state index is 12.4. The summed E-state index contributed by atoms with van der Waals surface area (Å²) in [6.45, 7) is 0.672. The fraction of sp³-hybridized carbons (Fsp3) is 0.400. The van der Waals surface area contributed by atoms with Gasteiger partial charge >= 0.3 is 0 Å². The number of rotatable bonds is 5. The van der Waals surface area contributed by atoms with Crippen LogP contribution in [-0.4, -0.2) is 39.1 Å². The predicted molar refractivity (Wildman–Crippen MR) is 76.6 cm³/mol. The van der Waals surface area contributed by atoms with Gasteiger partial charge in [-0.1, -0.05) is 18.2 Å². The standard InChI is InChI=1S/C15H17N3O3/c1-18-12-6-4-3-5-10(12)13(15(18)20)11(9-16)14(19)17-7-8-21-2/h3-6,11,13H,7-8H2,1-2H3,(H,17,19). The van der Waals surface area contributed by atoms with E-state index in [1.807, 2.05) is 18.2 Å². The summed E-state index contributed by atoms with van der Waals surface area (Å²) < 4.78 is 4.85. The summed E-state index contributed by atoms with van der Waals surface area (Å²) >= 11 is 0. The molecular weight excluding hydrogens is 270 g/mol. The molecule has 2 unspecified atom stereocenters. The quantitative estimate of drug-likeness (QED) is 0.806. The minimum absolute atomic E-state index is 0.232. The van der Waals surface area contributed by atoms with Crippen LogP contribution >= 0.6 is 0 Å². The number of fused-ring (bicyclic) bond motifs is 1. The van der Waals surface area contributed by atoms with E-state index in [-0.39, 0.29) is 5.91 Å². The third-order valence-electron chi connectivity index (χ3n) is 3.59. The number of nitriles is 1. The zero-order chi connectivity index (χ0) is 15.4. The molecule has 1 aliphatic heterocycles. The molecule has 6 nitrogen and oxygen atoms in total. The van der Waals surface area contributed by atoms with Crippen molar-refractivity contribution < 1.29 is 14.3 Å². The Kier molecular flexibility index (Phi) is 4.55. The van der Waals surface area contributed by atoms with Crippen LogP contribution < -0.4 is 10.2 Å². The molecule has 1 aromatic rings. The number of carbonyl (C=O) groups is 2. The molecule has 2 atom stereocenters. The number of nitrogens with zero attached hydrogens (tertiary/aromatic N) is 2. The topological polar surface area (TPSA) is 82.4 Å². The lowest BCUT2D eigenvalue weighted by molar-refractivity contribution is -0.128. The summed E-state index contributed by atoms with van der Waals surface area (Å²) in [6, 6.07) is 9.18. The van der Waals surface area contributed by atoms with Crippen LogP contribution in [0.5, 0.6) is 0 Å². The van der Waals surface area contributed by atoms with Crippen molar-refractivity contribution in [2.45, 2.75) is 5.92 Å². The van der Waals surface area contributed by atoms with Crippen molar-refractivity contribution in [3.63, 3.8) is 0 Å². The van der Waals surface area contributed by atoms with Crippen LogP contribution in [0.3, 0.4) is 0 Å². The molecule has 0 radical (unpaired) electrons. The molecule has 6 heteroatoms. The summed E-state index contributed by atoms with van der Waals surface area (Å²) in [5.74, 6) is -2.47. The third-order valence-corrected chi connectivity index (χ3v) is 3.59. The minimum Gasteiger partial charge on any atom is -0.383 e. The largest absolute Gasteiger partial charge is 0.383 e. The van der Waals surface area contributed by atoms with Crippen LogP contribution in [0.1, 0.15) is 11.5 Å². The summed E-state index contributed by atoms with van der Waals surface area (Å²) in [5, 5.41) is 12.0. The smallest absolute Gasteiger partial charge is 0.238 e. The second-order valence-electron chi connectivity index (χ2n) is 4.82. The number of ether oxygens (including phenoxy) is 1. The molecule has 1 heterocycles. The number of hydrogen-bond acceptors (Lipinski definition) is 4. The summed E-state index contributed by atoms with van der Waals surface area (Å²) in [6.07, 6.45) is 0. The molecule has 1 aliphatic rings. The Labute approximate surface area is 123 Å². The number of likely N-dealkylation sites (N-methyl/N-ethyl adjacent to an activating group) is 1. The van der Waals surface area contributed by atoms with Gasteiger partial charge in [-0.05, 0) is 11.6 Å². The van der Waals surface area contributed by atoms with Gasteiger partial charge in [0.2, 0.25) is 11.8 Å².